The summed E-state index contributed by atoms with van der Waals surface area (Å²) < 4.78 is 23.1. The van der Waals surface area contributed by atoms with E-state index >= 15 is 0 Å². The summed E-state index contributed by atoms with van der Waals surface area (Å²) in [5.41, 5.74) is -3.34. The van der Waals surface area contributed by atoms with Gasteiger partial charge in [0.15, 0.2) is 10.8 Å². The normalized spacial score (nSPS) is 17.1. The van der Waals surface area contributed by atoms with Gasteiger partial charge in [0.2, 0.25) is 0 Å². The molecule has 0 aromatic rings. The van der Waals surface area contributed by atoms with Crippen LogP contribution in [0.3, 0.4) is 0 Å². The van der Waals surface area contributed by atoms with Gasteiger partial charge >= 0.3 is 39.1 Å². The first kappa shape index (κ1) is 23.2. The lowest BCUT2D eigenvalue weighted by Gasteiger charge is -2.37. The van der Waals surface area contributed by atoms with E-state index in [0.717, 1.165) is 0 Å². The van der Waals surface area contributed by atoms with Crippen molar-refractivity contribution in [3.8, 4) is 0 Å². The number of carboxylic acid groups (broad SMARTS) is 4. The second kappa shape index (κ2) is 7.60. The molecule has 0 saturated heterocycles. The van der Waals surface area contributed by atoms with Gasteiger partial charge in [0.25, 0.3) is 0 Å². The quantitative estimate of drug-likeness (QED) is 0.185. The van der Waals surface area contributed by atoms with Crippen LogP contribution in [0, 0.1) is 5.92 Å². The molecule has 3 atom stereocenters. The maximum Gasteiger partial charge on any atom is 0.343 e. The Labute approximate surface area is 138 Å². The molecule has 8 N–H and O–H groups in total. The van der Waals surface area contributed by atoms with Crippen molar-refractivity contribution >= 4 is 39.1 Å². The third kappa shape index (κ3) is 4.84. The summed E-state index contributed by atoms with van der Waals surface area (Å²) in [6, 6.07) is 0. The molecule has 0 aliphatic carbocycles. The van der Waals surface area contributed by atoms with Gasteiger partial charge in [0.1, 0.15) is 5.92 Å². The van der Waals surface area contributed by atoms with Gasteiger partial charge in [-0.2, -0.15) is 0 Å². The molecule has 0 amide bonds. The van der Waals surface area contributed by atoms with E-state index in [9.17, 15) is 43.2 Å². The van der Waals surface area contributed by atoms with E-state index < -0.39 is 68.6 Å². The average Bonchev–Trinajstić information content (AvgIpc) is 2.32. The molecule has 0 radical (unpaired) electrons. The van der Waals surface area contributed by atoms with Crippen LogP contribution in [0.4, 0.5) is 0 Å². The second-order valence-corrected chi connectivity index (χ2v) is 8.48. The van der Waals surface area contributed by atoms with Crippen LogP contribution in [0.5, 0.6) is 0 Å². The first-order valence-electron chi connectivity index (χ1n) is 6.01. The molecule has 25 heavy (non-hydrogen) atoms. The Hall–Kier alpha value is -1.82. The Morgan fingerprint density at radius 2 is 1.28 bits per heavy atom. The maximum absolute atomic E-state index is 11.7. The summed E-state index contributed by atoms with van der Waals surface area (Å²) in [5.74, 6) is -12.8. The van der Waals surface area contributed by atoms with E-state index in [1.165, 1.54) is 0 Å². The minimum absolute atomic E-state index is 1.32. The second-order valence-electron chi connectivity index (χ2n) is 4.86. The lowest BCUT2D eigenvalue weighted by atomic mass is 9.84. The molecule has 0 aliphatic heterocycles. The van der Waals surface area contributed by atoms with Crippen LogP contribution in [0.2, 0.25) is 0 Å². The molecule has 0 aliphatic rings. The van der Waals surface area contributed by atoms with Gasteiger partial charge in [-0.05, 0) is 6.42 Å². The fourth-order valence-corrected chi connectivity index (χ4v) is 4.68. The topological polar surface area (TPSA) is 264 Å². The zero-order chi connectivity index (χ0) is 20.4. The highest BCUT2D eigenvalue weighted by Gasteiger charge is 2.67. The van der Waals surface area contributed by atoms with Crippen LogP contribution in [-0.2, 0) is 28.3 Å². The number of aliphatic carboxylic acids is 4. The summed E-state index contributed by atoms with van der Waals surface area (Å²) in [4.78, 5) is 81.4. The van der Waals surface area contributed by atoms with Crippen molar-refractivity contribution in [1.82, 2.24) is 0 Å². The minimum Gasteiger partial charge on any atom is -0.481 e. The molecule has 14 nitrogen and oxygen atoms in total. The summed E-state index contributed by atoms with van der Waals surface area (Å²) in [5, 5.41) is 31.9. The molecular formula is C9H14O14P2. The zero-order valence-electron chi connectivity index (χ0n) is 12.0. The van der Waals surface area contributed by atoms with Gasteiger partial charge in [-0.1, -0.05) is 0 Å². The standard InChI is InChI=1S/C9H14O14P2/c10-3(11)1-2-9(8(16)17,25(21,22)23)4(6(12)13)5(7(14)15)24(18,19)20/h4-5H,1-2H2,(H,10,11)(H,12,13)(H,14,15)(H,16,17)(H2,18,19,20)(H2,21,22,23). The van der Waals surface area contributed by atoms with Crippen molar-refractivity contribution < 1.29 is 68.3 Å². The third-order valence-electron chi connectivity index (χ3n) is 3.32. The summed E-state index contributed by atoms with van der Waals surface area (Å²) in [6.07, 6.45) is -2.92. The van der Waals surface area contributed by atoms with E-state index in [4.69, 9.17) is 25.1 Å². The molecule has 0 saturated carbocycles. The molecule has 0 fully saturated rings. The van der Waals surface area contributed by atoms with Gasteiger partial charge in [-0.15, -0.1) is 0 Å². The largest absolute Gasteiger partial charge is 0.481 e. The Bertz CT molecular complexity index is 672. The number of carboxylic acids is 4. The van der Waals surface area contributed by atoms with Crippen molar-refractivity contribution in [2.75, 3.05) is 0 Å². The van der Waals surface area contributed by atoms with Crippen LogP contribution in [0.25, 0.3) is 0 Å². The number of hydrogen-bond acceptors (Lipinski definition) is 6. The summed E-state index contributed by atoms with van der Waals surface area (Å²) in [6.45, 7) is 0. The molecule has 3 unspecified atom stereocenters. The van der Waals surface area contributed by atoms with Crippen molar-refractivity contribution in [3.63, 3.8) is 0 Å². The third-order valence-corrected chi connectivity index (χ3v) is 6.30. The van der Waals surface area contributed by atoms with Crippen molar-refractivity contribution in [1.29, 1.82) is 0 Å². The van der Waals surface area contributed by atoms with Crippen LogP contribution < -0.4 is 0 Å². The zero-order valence-corrected chi connectivity index (χ0v) is 13.8. The molecule has 0 rings (SSSR count). The van der Waals surface area contributed by atoms with Crippen LogP contribution >= 0.6 is 15.2 Å². The molecular weight excluding hydrogens is 394 g/mol. The van der Waals surface area contributed by atoms with E-state index in [1.54, 1.807) is 0 Å². The Morgan fingerprint density at radius 3 is 1.48 bits per heavy atom. The van der Waals surface area contributed by atoms with Crippen LogP contribution in [-0.4, -0.2) is 74.7 Å². The van der Waals surface area contributed by atoms with Crippen LogP contribution in [0.1, 0.15) is 12.8 Å². The summed E-state index contributed by atoms with van der Waals surface area (Å²) >= 11 is 0. The number of hydrogen-bond donors (Lipinski definition) is 8. The highest BCUT2D eigenvalue weighted by atomic mass is 31.2. The molecule has 144 valence electrons. The molecule has 0 aromatic carbocycles. The predicted molar refractivity (Wildman–Crippen MR) is 73.9 cm³/mol. The number of carbonyl (C=O) groups is 4. The lowest BCUT2D eigenvalue weighted by Crippen LogP contribution is -2.55. The van der Waals surface area contributed by atoms with E-state index in [1.807, 2.05) is 0 Å². The lowest BCUT2D eigenvalue weighted by molar-refractivity contribution is -0.156. The Balaban J connectivity index is 6.89. The van der Waals surface area contributed by atoms with Crippen molar-refractivity contribution in [2.24, 2.45) is 5.92 Å². The molecule has 0 bridgehead atoms. The molecule has 16 heteroatoms. The SMILES string of the molecule is O=C(O)CCC(C(=O)O)(C(C(=O)O)C(C(=O)O)P(=O)(O)O)P(=O)(O)O. The van der Waals surface area contributed by atoms with Gasteiger partial charge in [0.05, 0.1) is 0 Å². The Kier molecular flexibility index (Phi) is 7.05. The highest BCUT2D eigenvalue weighted by Crippen LogP contribution is 2.62. The van der Waals surface area contributed by atoms with Crippen molar-refractivity contribution in [3.05, 3.63) is 0 Å². The van der Waals surface area contributed by atoms with E-state index in [2.05, 4.69) is 0 Å². The smallest absolute Gasteiger partial charge is 0.343 e. The van der Waals surface area contributed by atoms with Gasteiger partial charge in [0, 0.05) is 6.42 Å². The fourth-order valence-electron chi connectivity index (χ4n) is 2.23. The number of rotatable bonds is 10. The first-order chi connectivity index (χ1) is 11.0. The monoisotopic (exact) mass is 408 g/mol. The van der Waals surface area contributed by atoms with Gasteiger partial charge in [-0.25, -0.2) is 0 Å². The van der Waals surface area contributed by atoms with Gasteiger partial charge in [-0.3, -0.25) is 28.3 Å². The first-order valence-corrected chi connectivity index (χ1v) is 9.31. The van der Waals surface area contributed by atoms with Gasteiger partial charge < -0.3 is 40.0 Å². The fraction of sp³-hybridized carbons (Fsp3) is 0.556. The highest BCUT2D eigenvalue weighted by molar-refractivity contribution is 7.55. The molecule has 0 spiro atoms. The maximum atomic E-state index is 11.7. The summed E-state index contributed by atoms with van der Waals surface area (Å²) in [7, 11) is -12.1. The van der Waals surface area contributed by atoms with Crippen molar-refractivity contribution in [2.45, 2.75) is 23.7 Å². The Morgan fingerprint density at radius 1 is 0.840 bits per heavy atom. The molecule has 0 aromatic heterocycles. The average molecular weight is 408 g/mol. The van der Waals surface area contributed by atoms with E-state index in [-0.39, 0.29) is 0 Å². The predicted octanol–water partition coefficient (Wildman–Crippen LogP) is -1.82. The minimum atomic E-state index is -6.14. The van der Waals surface area contributed by atoms with E-state index in [0.29, 0.717) is 0 Å². The molecule has 0 heterocycles. The van der Waals surface area contributed by atoms with Crippen LogP contribution in [0.15, 0.2) is 0 Å².